The molecule has 3 aromatic carbocycles. The van der Waals surface area contributed by atoms with Crippen molar-refractivity contribution < 1.29 is 41.9 Å². The van der Waals surface area contributed by atoms with Crippen LogP contribution in [0.4, 0.5) is 23.9 Å². The number of hydroxylamine groups is 1. The van der Waals surface area contributed by atoms with Gasteiger partial charge in [-0.05, 0) is 36.4 Å². The summed E-state index contributed by atoms with van der Waals surface area (Å²) in [6.45, 7) is 0. The topological polar surface area (TPSA) is 131 Å². The van der Waals surface area contributed by atoms with Gasteiger partial charge in [-0.2, -0.15) is 18.7 Å². The molecule has 0 aliphatic carbocycles. The summed E-state index contributed by atoms with van der Waals surface area (Å²) in [6.07, 6.45) is -6.96. The first kappa shape index (κ1) is 25.9. The lowest BCUT2D eigenvalue weighted by atomic mass is 9.98. The summed E-state index contributed by atoms with van der Waals surface area (Å²) in [5, 5.41) is 0. The summed E-state index contributed by atoms with van der Waals surface area (Å²) >= 11 is 0. The zero-order valence-corrected chi connectivity index (χ0v) is 19.4. The predicted octanol–water partition coefficient (Wildman–Crippen LogP) is 4.18. The Morgan fingerprint density at radius 2 is 1.58 bits per heavy atom. The highest BCUT2D eigenvalue weighted by molar-refractivity contribution is 6.16. The summed E-state index contributed by atoms with van der Waals surface area (Å²) in [7, 11) is 1.04. The van der Waals surface area contributed by atoms with Crippen LogP contribution < -0.4 is 15.2 Å². The minimum absolute atomic E-state index is 0.0515. The lowest BCUT2D eigenvalue weighted by Gasteiger charge is -2.13. The minimum Gasteiger partial charge on any atom is -0.379 e. The molecule has 2 N–H and O–H groups in total. The molecular weight excluding hydrogens is 509 g/mol. The van der Waals surface area contributed by atoms with Crippen LogP contribution >= 0.6 is 0 Å². The van der Waals surface area contributed by atoms with Crippen molar-refractivity contribution in [1.29, 1.82) is 0 Å². The van der Waals surface area contributed by atoms with Crippen molar-refractivity contribution in [3.8, 4) is 5.75 Å². The van der Waals surface area contributed by atoms with Crippen LogP contribution in [0.25, 0.3) is 11.0 Å². The second-order valence-electron chi connectivity index (χ2n) is 7.73. The fraction of sp³-hybridized carbons (Fsp3) is 0.0800. The molecule has 10 nitrogen and oxygen atoms in total. The second kappa shape index (κ2) is 10.4. The zero-order chi connectivity index (χ0) is 27.4. The number of anilines is 1. The highest BCUT2D eigenvalue weighted by atomic mass is 19.4. The lowest BCUT2D eigenvalue weighted by molar-refractivity contribution is -0.192. The van der Waals surface area contributed by atoms with E-state index in [2.05, 4.69) is 20.2 Å². The Hall–Kier alpha value is -5.20. The molecule has 0 unspecified atom stereocenters. The number of aromatic amines is 1. The number of imidazole rings is 1. The predicted molar refractivity (Wildman–Crippen MR) is 126 cm³/mol. The largest absolute Gasteiger partial charge is 0.491 e. The Bertz CT molecular complexity index is 1540. The van der Waals surface area contributed by atoms with Crippen molar-refractivity contribution in [2.75, 3.05) is 11.9 Å². The molecule has 1 aromatic heterocycles. The Labute approximate surface area is 211 Å². The summed E-state index contributed by atoms with van der Waals surface area (Å²) in [4.78, 5) is 61.4. The third kappa shape index (κ3) is 5.61. The molecule has 0 aliphatic rings. The average Bonchev–Trinajstić information content (AvgIpc) is 3.34. The number of fused-ring (bicyclic) bond motifs is 1. The van der Waals surface area contributed by atoms with Crippen LogP contribution in [0.3, 0.4) is 0 Å². The number of H-pyrrole nitrogens is 1. The lowest BCUT2D eigenvalue weighted by Crippen LogP contribution is -2.35. The van der Waals surface area contributed by atoms with E-state index in [9.17, 15) is 32.3 Å². The van der Waals surface area contributed by atoms with Crippen molar-refractivity contribution in [3.05, 3.63) is 89.5 Å². The number of carbonyl (C=O) groups excluding carboxylic acids is 4. The molecule has 38 heavy (non-hydrogen) atoms. The first-order valence-corrected chi connectivity index (χ1v) is 10.8. The summed E-state index contributed by atoms with van der Waals surface area (Å²) < 4.78 is 40.9. The van der Waals surface area contributed by atoms with E-state index in [1.807, 2.05) is 0 Å². The molecule has 2 amide bonds. The van der Waals surface area contributed by atoms with E-state index >= 15 is 0 Å². The van der Waals surface area contributed by atoms with Gasteiger partial charge in [0.25, 0.3) is 5.91 Å². The van der Waals surface area contributed by atoms with E-state index in [4.69, 9.17) is 4.84 Å². The molecule has 4 rings (SSSR count). The van der Waals surface area contributed by atoms with Gasteiger partial charge in [0.05, 0.1) is 16.6 Å². The SMILES string of the molecule is CN(C(=O)OC(=O)C(F)(F)F)c1nc2ccc(C(=O)c3ccccc3C(=O)NOc3ccccc3)cc2[nH]1. The summed E-state index contributed by atoms with van der Waals surface area (Å²) in [5.74, 6) is -3.69. The van der Waals surface area contributed by atoms with Crippen LogP contribution in [-0.4, -0.2) is 46.9 Å². The van der Waals surface area contributed by atoms with Crippen molar-refractivity contribution >= 4 is 40.7 Å². The standard InChI is InChI=1S/C25H17F3N4O6/c1-32(24(36)37-22(35)25(26,27)28)23-29-18-12-11-14(13-19(18)30-23)20(33)16-9-5-6-10-17(16)21(34)31-38-15-7-3-2-4-8-15/h2-13H,1H3,(H,29,30)(H,31,34). The van der Waals surface area contributed by atoms with E-state index < -0.39 is 29.9 Å². The summed E-state index contributed by atoms with van der Waals surface area (Å²) in [6, 6.07) is 18.8. The number of benzene rings is 3. The normalized spacial score (nSPS) is 11.1. The smallest absolute Gasteiger partial charge is 0.379 e. The van der Waals surface area contributed by atoms with Crippen molar-refractivity contribution in [1.82, 2.24) is 15.4 Å². The number of aromatic nitrogens is 2. The van der Waals surface area contributed by atoms with Crippen molar-refractivity contribution in [2.45, 2.75) is 6.18 Å². The van der Waals surface area contributed by atoms with Gasteiger partial charge in [-0.25, -0.2) is 19.5 Å². The number of ketones is 1. The summed E-state index contributed by atoms with van der Waals surface area (Å²) in [5.41, 5.74) is 3.08. The van der Waals surface area contributed by atoms with Crippen molar-refractivity contribution in [3.63, 3.8) is 0 Å². The van der Waals surface area contributed by atoms with Gasteiger partial charge in [0.1, 0.15) is 0 Å². The molecule has 13 heteroatoms. The molecule has 0 bridgehead atoms. The van der Waals surface area contributed by atoms with Gasteiger partial charge in [-0.15, -0.1) is 0 Å². The number of halogens is 3. The van der Waals surface area contributed by atoms with E-state index in [1.54, 1.807) is 42.5 Å². The Morgan fingerprint density at radius 1 is 0.921 bits per heavy atom. The Kier molecular flexibility index (Phi) is 7.10. The molecular formula is C25H17F3N4O6. The van der Waals surface area contributed by atoms with Crippen molar-refractivity contribution in [2.24, 2.45) is 0 Å². The molecule has 194 valence electrons. The number of carbonyl (C=O) groups is 4. The number of amides is 2. The fourth-order valence-electron chi connectivity index (χ4n) is 3.27. The maximum absolute atomic E-state index is 13.3. The van der Waals surface area contributed by atoms with Gasteiger partial charge >= 0.3 is 18.2 Å². The third-order valence-electron chi connectivity index (χ3n) is 5.16. The van der Waals surface area contributed by atoms with Crippen LogP contribution in [0.5, 0.6) is 5.75 Å². The maximum Gasteiger partial charge on any atom is 0.491 e. The number of alkyl halides is 3. The molecule has 0 atom stereocenters. The van der Waals surface area contributed by atoms with Gasteiger partial charge in [0.2, 0.25) is 5.95 Å². The van der Waals surface area contributed by atoms with Gasteiger partial charge in [-0.3, -0.25) is 9.59 Å². The van der Waals surface area contributed by atoms with Gasteiger partial charge < -0.3 is 14.6 Å². The number of rotatable bonds is 6. The number of para-hydroxylation sites is 1. The van der Waals surface area contributed by atoms with Gasteiger partial charge in [0, 0.05) is 18.2 Å². The van der Waals surface area contributed by atoms with Crippen LogP contribution in [0, 0.1) is 0 Å². The fourth-order valence-corrected chi connectivity index (χ4v) is 3.27. The molecule has 0 fully saturated rings. The number of hydrogen-bond donors (Lipinski definition) is 2. The van der Waals surface area contributed by atoms with E-state index in [-0.39, 0.29) is 33.7 Å². The van der Waals surface area contributed by atoms with Crippen LogP contribution in [0.2, 0.25) is 0 Å². The molecule has 4 aromatic rings. The molecule has 0 aliphatic heterocycles. The molecule has 1 heterocycles. The quantitative estimate of drug-likeness (QED) is 0.167. The van der Waals surface area contributed by atoms with Gasteiger partial charge in [-0.1, -0.05) is 36.4 Å². The number of ether oxygens (including phenoxy) is 1. The Balaban J connectivity index is 1.54. The number of hydrogen-bond acceptors (Lipinski definition) is 7. The van der Waals surface area contributed by atoms with E-state index in [0.717, 1.165) is 7.05 Å². The van der Waals surface area contributed by atoms with Crippen LogP contribution in [-0.2, 0) is 9.53 Å². The molecule has 0 saturated carbocycles. The van der Waals surface area contributed by atoms with Crippen LogP contribution in [0.1, 0.15) is 26.3 Å². The molecule has 0 saturated heterocycles. The number of nitrogens with one attached hydrogen (secondary N) is 2. The van der Waals surface area contributed by atoms with Gasteiger partial charge in [0.15, 0.2) is 11.5 Å². The van der Waals surface area contributed by atoms with Crippen LogP contribution in [0.15, 0.2) is 72.8 Å². The third-order valence-corrected chi connectivity index (χ3v) is 5.16. The van der Waals surface area contributed by atoms with E-state index in [1.165, 1.54) is 30.3 Å². The molecule has 0 spiro atoms. The monoisotopic (exact) mass is 526 g/mol. The zero-order valence-electron chi connectivity index (χ0n) is 19.4. The first-order valence-electron chi connectivity index (χ1n) is 10.8. The Morgan fingerprint density at radius 3 is 2.26 bits per heavy atom. The average molecular weight is 526 g/mol. The highest BCUT2D eigenvalue weighted by Gasteiger charge is 2.43. The molecule has 0 radical (unpaired) electrons. The number of esters is 1. The maximum atomic E-state index is 13.3. The minimum atomic E-state index is -5.35. The number of nitrogens with zero attached hydrogens (tertiary/aromatic N) is 2. The first-order chi connectivity index (χ1) is 18.0. The second-order valence-corrected chi connectivity index (χ2v) is 7.73. The highest BCUT2D eigenvalue weighted by Crippen LogP contribution is 2.23. The van der Waals surface area contributed by atoms with E-state index in [0.29, 0.717) is 10.6 Å².